The molecule has 1 N–H and O–H groups in total. The Kier molecular flexibility index (Phi) is 5.92. The molecule has 0 aromatic heterocycles. The molecule has 1 heterocycles. The van der Waals surface area contributed by atoms with Gasteiger partial charge in [0.05, 0.1) is 24.1 Å². The van der Waals surface area contributed by atoms with Crippen molar-refractivity contribution >= 4 is 34.4 Å². The molecular formula is C27H27N3O3. The van der Waals surface area contributed by atoms with Crippen LogP contribution in [0.1, 0.15) is 16.7 Å². The summed E-state index contributed by atoms with van der Waals surface area (Å²) in [5, 5.41) is 3.20. The van der Waals surface area contributed by atoms with Crippen molar-refractivity contribution in [1.82, 2.24) is 0 Å². The second kappa shape index (κ2) is 8.82. The third-order valence-corrected chi connectivity index (χ3v) is 5.71. The molecule has 2 amide bonds. The van der Waals surface area contributed by atoms with Gasteiger partial charge >= 0.3 is 0 Å². The monoisotopic (exact) mass is 441 g/mol. The predicted octanol–water partition coefficient (Wildman–Crippen LogP) is 4.77. The predicted molar refractivity (Wildman–Crippen MR) is 133 cm³/mol. The number of hydrogen-bond donors (Lipinski definition) is 1. The first-order valence-electron chi connectivity index (χ1n) is 10.7. The highest BCUT2D eigenvalue weighted by atomic mass is 16.5. The molecule has 0 atom stereocenters. The SMILES string of the molecule is COc1ccccc1NC1=C(c2ccc(C)cc2C)C(=O)N(c2cccc(N(C)C)c2)C1=O. The Hall–Kier alpha value is -4.06. The summed E-state index contributed by atoms with van der Waals surface area (Å²) in [6, 6.07) is 20.6. The summed E-state index contributed by atoms with van der Waals surface area (Å²) < 4.78 is 5.45. The van der Waals surface area contributed by atoms with Gasteiger partial charge in [-0.3, -0.25) is 9.59 Å². The highest BCUT2D eigenvalue weighted by molar-refractivity contribution is 6.46. The van der Waals surface area contributed by atoms with Gasteiger partial charge in [0.15, 0.2) is 0 Å². The van der Waals surface area contributed by atoms with Crippen molar-refractivity contribution in [3.8, 4) is 5.75 Å². The Morgan fingerprint density at radius 1 is 0.879 bits per heavy atom. The summed E-state index contributed by atoms with van der Waals surface area (Å²) in [7, 11) is 5.40. The maximum atomic E-state index is 13.8. The van der Waals surface area contributed by atoms with Crippen LogP contribution in [0.15, 0.2) is 72.4 Å². The number of nitrogens with one attached hydrogen (secondary N) is 1. The van der Waals surface area contributed by atoms with Crippen molar-refractivity contribution in [2.24, 2.45) is 0 Å². The van der Waals surface area contributed by atoms with Gasteiger partial charge in [-0.15, -0.1) is 0 Å². The summed E-state index contributed by atoms with van der Waals surface area (Å²) in [5.41, 5.74) is 5.34. The minimum absolute atomic E-state index is 0.228. The molecule has 33 heavy (non-hydrogen) atoms. The number of amides is 2. The smallest absolute Gasteiger partial charge is 0.282 e. The van der Waals surface area contributed by atoms with Crippen LogP contribution >= 0.6 is 0 Å². The number of rotatable bonds is 6. The number of benzene rings is 3. The summed E-state index contributed by atoms with van der Waals surface area (Å²) in [6.07, 6.45) is 0. The van der Waals surface area contributed by atoms with E-state index in [0.717, 1.165) is 22.4 Å². The van der Waals surface area contributed by atoms with E-state index in [9.17, 15) is 9.59 Å². The first-order chi connectivity index (χ1) is 15.8. The minimum atomic E-state index is -0.406. The summed E-state index contributed by atoms with van der Waals surface area (Å²) in [5.74, 6) is -0.185. The molecule has 0 bridgehead atoms. The summed E-state index contributed by atoms with van der Waals surface area (Å²) in [4.78, 5) is 30.6. The Labute approximate surface area is 194 Å². The molecule has 1 aliphatic heterocycles. The average molecular weight is 442 g/mol. The lowest BCUT2D eigenvalue weighted by Gasteiger charge is -2.19. The van der Waals surface area contributed by atoms with Gasteiger partial charge in [-0.2, -0.15) is 0 Å². The van der Waals surface area contributed by atoms with Crippen LogP contribution < -0.4 is 19.9 Å². The number of methoxy groups -OCH3 is 1. The van der Waals surface area contributed by atoms with Gasteiger partial charge in [-0.05, 0) is 55.3 Å². The molecule has 0 unspecified atom stereocenters. The Morgan fingerprint density at radius 3 is 2.33 bits per heavy atom. The van der Waals surface area contributed by atoms with Gasteiger partial charge in [0.1, 0.15) is 11.4 Å². The average Bonchev–Trinajstić information content (AvgIpc) is 3.03. The summed E-state index contributed by atoms with van der Waals surface area (Å²) in [6.45, 7) is 3.95. The maximum Gasteiger partial charge on any atom is 0.282 e. The molecule has 4 rings (SSSR count). The molecule has 1 aliphatic rings. The van der Waals surface area contributed by atoms with Gasteiger partial charge in [-0.25, -0.2) is 4.90 Å². The second-order valence-electron chi connectivity index (χ2n) is 8.25. The van der Waals surface area contributed by atoms with Crippen LogP contribution in [0, 0.1) is 13.8 Å². The van der Waals surface area contributed by atoms with E-state index in [0.29, 0.717) is 22.7 Å². The summed E-state index contributed by atoms with van der Waals surface area (Å²) >= 11 is 0. The number of aryl methyl sites for hydroxylation is 2. The van der Waals surface area contributed by atoms with Crippen LogP contribution in [-0.2, 0) is 9.59 Å². The van der Waals surface area contributed by atoms with Crippen LogP contribution in [0.25, 0.3) is 5.57 Å². The van der Waals surface area contributed by atoms with Gasteiger partial charge in [-0.1, -0.05) is 42.0 Å². The van der Waals surface area contributed by atoms with Gasteiger partial charge < -0.3 is 15.0 Å². The number of carbonyl (C=O) groups excluding carboxylic acids is 2. The van der Waals surface area contributed by atoms with Crippen molar-refractivity contribution in [2.45, 2.75) is 13.8 Å². The number of carbonyl (C=O) groups is 2. The fourth-order valence-corrected chi connectivity index (χ4v) is 4.02. The molecule has 0 saturated carbocycles. The van der Waals surface area contributed by atoms with E-state index in [-0.39, 0.29) is 11.6 Å². The minimum Gasteiger partial charge on any atom is -0.495 e. The standard InChI is InChI=1S/C27H27N3O3/c1-17-13-14-21(18(2)15-17)24-25(28-22-11-6-7-12-23(22)33-5)27(32)30(26(24)31)20-10-8-9-19(16-20)29(3)4/h6-16,28H,1-5H3. The van der Waals surface area contributed by atoms with E-state index in [1.807, 2.05) is 87.4 Å². The Morgan fingerprint density at radius 2 is 1.64 bits per heavy atom. The molecule has 0 spiro atoms. The molecule has 6 nitrogen and oxygen atoms in total. The largest absolute Gasteiger partial charge is 0.495 e. The number of hydrogen-bond acceptors (Lipinski definition) is 5. The van der Waals surface area contributed by atoms with E-state index in [1.165, 1.54) is 4.90 Å². The van der Waals surface area contributed by atoms with Crippen molar-refractivity contribution < 1.29 is 14.3 Å². The van der Waals surface area contributed by atoms with E-state index in [2.05, 4.69) is 5.32 Å². The normalized spacial score (nSPS) is 13.5. The fraction of sp³-hybridized carbons (Fsp3) is 0.185. The van der Waals surface area contributed by atoms with E-state index in [4.69, 9.17) is 4.74 Å². The lowest BCUT2D eigenvalue weighted by Crippen LogP contribution is -2.32. The highest BCUT2D eigenvalue weighted by Crippen LogP contribution is 2.37. The molecule has 0 aliphatic carbocycles. The van der Waals surface area contributed by atoms with Crippen LogP contribution in [0.3, 0.4) is 0 Å². The molecule has 0 saturated heterocycles. The van der Waals surface area contributed by atoms with E-state index < -0.39 is 5.91 Å². The number of anilines is 3. The number of para-hydroxylation sites is 2. The van der Waals surface area contributed by atoms with Crippen molar-refractivity contribution in [1.29, 1.82) is 0 Å². The third-order valence-electron chi connectivity index (χ3n) is 5.71. The van der Waals surface area contributed by atoms with Crippen LogP contribution in [0.2, 0.25) is 0 Å². The van der Waals surface area contributed by atoms with Crippen LogP contribution in [0.5, 0.6) is 5.75 Å². The van der Waals surface area contributed by atoms with E-state index in [1.54, 1.807) is 19.2 Å². The molecule has 168 valence electrons. The Bertz CT molecular complexity index is 1280. The van der Waals surface area contributed by atoms with Gasteiger partial charge in [0.2, 0.25) is 0 Å². The lowest BCUT2D eigenvalue weighted by molar-refractivity contribution is -0.120. The fourth-order valence-electron chi connectivity index (χ4n) is 4.02. The molecule has 0 fully saturated rings. The zero-order chi connectivity index (χ0) is 23.7. The first kappa shape index (κ1) is 22.1. The zero-order valence-electron chi connectivity index (χ0n) is 19.5. The number of nitrogens with zero attached hydrogens (tertiary/aromatic N) is 2. The van der Waals surface area contributed by atoms with Crippen LogP contribution in [-0.4, -0.2) is 33.0 Å². The van der Waals surface area contributed by atoms with Crippen molar-refractivity contribution in [2.75, 3.05) is 36.3 Å². The number of ether oxygens (including phenoxy) is 1. The van der Waals surface area contributed by atoms with Crippen molar-refractivity contribution in [3.05, 3.63) is 89.1 Å². The highest BCUT2D eigenvalue weighted by Gasteiger charge is 2.41. The zero-order valence-corrected chi connectivity index (χ0v) is 19.5. The maximum absolute atomic E-state index is 13.8. The molecular weight excluding hydrogens is 414 g/mol. The topological polar surface area (TPSA) is 61.9 Å². The lowest BCUT2D eigenvalue weighted by atomic mass is 9.97. The van der Waals surface area contributed by atoms with Crippen molar-refractivity contribution in [3.63, 3.8) is 0 Å². The molecule has 0 radical (unpaired) electrons. The number of imide groups is 1. The van der Waals surface area contributed by atoms with Gasteiger partial charge in [0, 0.05) is 19.8 Å². The molecule has 3 aromatic carbocycles. The first-order valence-corrected chi connectivity index (χ1v) is 10.7. The second-order valence-corrected chi connectivity index (χ2v) is 8.25. The molecule has 6 heteroatoms. The van der Waals surface area contributed by atoms with Crippen LogP contribution in [0.4, 0.5) is 17.1 Å². The van der Waals surface area contributed by atoms with E-state index >= 15 is 0 Å². The van der Waals surface area contributed by atoms with Gasteiger partial charge in [0.25, 0.3) is 11.8 Å². The third kappa shape index (κ3) is 4.07. The Balaban J connectivity index is 1.87. The quantitative estimate of drug-likeness (QED) is 0.558. The molecule has 3 aromatic rings.